The molecule has 76 valence electrons. The van der Waals surface area contributed by atoms with Gasteiger partial charge in [0.1, 0.15) is 5.76 Å². The molecule has 0 heterocycles. The van der Waals surface area contributed by atoms with Gasteiger partial charge in [-0.1, -0.05) is 13.0 Å². The maximum absolute atomic E-state index is 11.7. The minimum atomic E-state index is -4.27. The third kappa shape index (κ3) is 7.43. The van der Waals surface area contributed by atoms with Crippen molar-refractivity contribution < 1.29 is 17.9 Å². The smallest absolute Gasteiger partial charge is 0.422 e. The highest BCUT2D eigenvalue weighted by atomic mass is 19.4. The standard InChI is InChI=1S/C9H13F3O/c1-3-5-6-8(4-2)13-7-9(10,11)12/h4-6H,3,7H2,1-2H3. The van der Waals surface area contributed by atoms with Crippen LogP contribution in [0, 0.1) is 0 Å². The Bertz CT molecular complexity index is 192. The molecule has 0 rings (SSSR count). The minimum Gasteiger partial charge on any atom is -0.484 e. The first-order chi connectivity index (χ1) is 5.99. The van der Waals surface area contributed by atoms with Gasteiger partial charge in [-0.2, -0.15) is 13.2 Å². The van der Waals surface area contributed by atoms with E-state index in [1.165, 1.54) is 12.2 Å². The molecule has 0 aromatic rings. The second-order valence-electron chi connectivity index (χ2n) is 2.41. The lowest BCUT2D eigenvalue weighted by Gasteiger charge is -2.08. The van der Waals surface area contributed by atoms with E-state index in [4.69, 9.17) is 0 Å². The topological polar surface area (TPSA) is 9.23 Å². The van der Waals surface area contributed by atoms with Crippen molar-refractivity contribution in [3.05, 3.63) is 24.0 Å². The second-order valence-corrected chi connectivity index (χ2v) is 2.41. The Morgan fingerprint density at radius 2 is 2.00 bits per heavy atom. The zero-order valence-corrected chi connectivity index (χ0v) is 7.69. The Balaban J connectivity index is 3.95. The predicted molar refractivity (Wildman–Crippen MR) is 45.2 cm³/mol. The molecule has 0 aromatic heterocycles. The summed E-state index contributed by atoms with van der Waals surface area (Å²) in [5.41, 5.74) is 0. The summed E-state index contributed by atoms with van der Waals surface area (Å²) in [5.74, 6) is 0.249. The summed E-state index contributed by atoms with van der Waals surface area (Å²) in [7, 11) is 0. The van der Waals surface area contributed by atoms with E-state index >= 15 is 0 Å². The Morgan fingerprint density at radius 1 is 1.38 bits per heavy atom. The van der Waals surface area contributed by atoms with Crippen LogP contribution in [0.2, 0.25) is 0 Å². The van der Waals surface area contributed by atoms with Crippen molar-refractivity contribution in [3.63, 3.8) is 0 Å². The fourth-order valence-corrected chi connectivity index (χ4v) is 0.627. The van der Waals surface area contributed by atoms with Gasteiger partial charge in [0.15, 0.2) is 6.61 Å². The fourth-order valence-electron chi connectivity index (χ4n) is 0.627. The molecule has 0 aliphatic heterocycles. The van der Waals surface area contributed by atoms with Crippen molar-refractivity contribution in [3.8, 4) is 0 Å². The maximum atomic E-state index is 11.7. The van der Waals surface area contributed by atoms with Gasteiger partial charge in [0.05, 0.1) is 0 Å². The summed E-state index contributed by atoms with van der Waals surface area (Å²) in [5, 5.41) is 0. The lowest BCUT2D eigenvalue weighted by molar-refractivity contribution is -0.163. The van der Waals surface area contributed by atoms with Gasteiger partial charge in [0.25, 0.3) is 0 Å². The van der Waals surface area contributed by atoms with Gasteiger partial charge < -0.3 is 4.74 Å². The highest BCUT2D eigenvalue weighted by Gasteiger charge is 2.28. The van der Waals surface area contributed by atoms with Gasteiger partial charge in [0, 0.05) is 0 Å². The van der Waals surface area contributed by atoms with E-state index in [2.05, 4.69) is 4.74 Å². The molecule has 0 N–H and O–H groups in total. The Morgan fingerprint density at radius 3 is 2.38 bits per heavy atom. The fraction of sp³-hybridized carbons (Fsp3) is 0.556. The van der Waals surface area contributed by atoms with Crippen molar-refractivity contribution in [1.82, 2.24) is 0 Å². The number of allylic oxidation sites excluding steroid dienone is 3. The normalized spacial score (nSPS) is 13.8. The van der Waals surface area contributed by atoms with E-state index in [0.29, 0.717) is 0 Å². The van der Waals surface area contributed by atoms with Crippen molar-refractivity contribution in [1.29, 1.82) is 0 Å². The number of alkyl halides is 3. The number of hydrogen-bond acceptors (Lipinski definition) is 1. The molecule has 1 nitrogen and oxygen atoms in total. The average molecular weight is 194 g/mol. The van der Waals surface area contributed by atoms with E-state index in [9.17, 15) is 13.2 Å². The van der Waals surface area contributed by atoms with Crippen LogP contribution < -0.4 is 0 Å². The highest BCUT2D eigenvalue weighted by molar-refractivity contribution is 5.10. The molecule has 0 amide bonds. The first kappa shape index (κ1) is 12.1. The summed E-state index contributed by atoms with van der Waals surface area (Å²) < 4.78 is 39.6. The van der Waals surface area contributed by atoms with Crippen molar-refractivity contribution >= 4 is 0 Å². The van der Waals surface area contributed by atoms with Crippen molar-refractivity contribution in [2.24, 2.45) is 0 Å². The molecule has 0 bridgehead atoms. The molecule has 0 unspecified atom stereocenters. The number of rotatable bonds is 4. The van der Waals surface area contributed by atoms with Gasteiger partial charge in [-0.3, -0.25) is 0 Å². The summed E-state index contributed by atoms with van der Waals surface area (Å²) in [4.78, 5) is 0. The third-order valence-corrected chi connectivity index (χ3v) is 1.20. The number of ether oxygens (including phenoxy) is 1. The van der Waals surface area contributed by atoms with Gasteiger partial charge in [0.2, 0.25) is 0 Å². The van der Waals surface area contributed by atoms with Gasteiger partial charge in [-0.15, -0.1) is 0 Å². The Hall–Kier alpha value is -0.930. The van der Waals surface area contributed by atoms with Crippen LogP contribution in [0.4, 0.5) is 13.2 Å². The molecular formula is C9H13F3O. The highest BCUT2D eigenvalue weighted by Crippen LogP contribution is 2.16. The monoisotopic (exact) mass is 194 g/mol. The van der Waals surface area contributed by atoms with Gasteiger partial charge in [-0.25, -0.2) is 0 Å². The van der Waals surface area contributed by atoms with Crippen LogP contribution in [-0.2, 0) is 4.74 Å². The van der Waals surface area contributed by atoms with Crippen LogP contribution in [0.15, 0.2) is 24.0 Å². The summed E-state index contributed by atoms with van der Waals surface area (Å²) in [6.07, 6.45) is 1.27. The summed E-state index contributed by atoms with van der Waals surface area (Å²) in [6, 6.07) is 0. The molecule has 0 aromatic carbocycles. The van der Waals surface area contributed by atoms with E-state index in [1.807, 2.05) is 6.92 Å². The number of halogens is 3. The molecule has 0 aliphatic rings. The van der Waals surface area contributed by atoms with Gasteiger partial charge in [-0.05, 0) is 25.5 Å². The van der Waals surface area contributed by atoms with Crippen LogP contribution in [0.5, 0.6) is 0 Å². The second kappa shape index (κ2) is 5.67. The Kier molecular flexibility index (Phi) is 5.26. The maximum Gasteiger partial charge on any atom is 0.422 e. The predicted octanol–water partition coefficient (Wildman–Crippen LogP) is 3.44. The molecule has 0 saturated carbocycles. The quantitative estimate of drug-likeness (QED) is 0.492. The van der Waals surface area contributed by atoms with Crippen molar-refractivity contribution in [2.75, 3.05) is 6.61 Å². The van der Waals surface area contributed by atoms with E-state index < -0.39 is 12.8 Å². The Labute approximate surface area is 75.9 Å². The zero-order valence-electron chi connectivity index (χ0n) is 7.69. The SMILES string of the molecule is CC=C(C=CCC)OCC(F)(F)F. The molecule has 13 heavy (non-hydrogen) atoms. The van der Waals surface area contributed by atoms with E-state index in [0.717, 1.165) is 6.42 Å². The van der Waals surface area contributed by atoms with Crippen LogP contribution in [0.3, 0.4) is 0 Å². The van der Waals surface area contributed by atoms with E-state index in [-0.39, 0.29) is 5.76 Å². The zero-order chi connectivity index (χ0) is 10.3. The first-order valence-corrected chi connectivity index (χ1v) is 4.02. The summed E-state index contributed by atoms with van der Waals surface area (Å²) >= 11 is 0. The van der Waals surface area contributed by atoms with Crippen LogP contribution >= 0.6 is 0 Å². The first-order valence-electron chi connectivity index (χ1n) is 4.02. The van der Waals surface area contributed by atoms with Crippen LogP contribution in [0.1, 0.15) is 20.3 Å². The molecule has 4 heteroatoms. The van der Waals surface area contributed by atoms with Crippen molar-refractivity contribution in [2.45, 2.75) is 26.4 Å². The molecule has 0 saturated heterocycles. The molecule has 0 aliphatic carbocycles. The molecule has 0 radical (unpaired) electrons. The minimum absolute atomic E-state index is 0.249. The van der Waals surface area contributed by atoms with Crippen LogP contribution in [0.25, 0.3) is 0 Å². The molecular weight excluding hydrogens is 181 g/mol. The van der Waals surface area contributed by atoms with Crippen LogP contribution in [-0.4, -0.2) is 12.8 Å². The average Bonchev–Trinajstić information content (AvgIpc) is 2.03. The molecule has 0 atom stereocenters. The third-order valence-electron chi connectivity index (χ3n) is 1.20. The van der Waals surface area contributed by atoms with E-state index in [1.54, 1.807) is 13.0 Å². The number of hydrogen-bond donors (Lipinski definition) is 0. The van der Waals surface area contributed by atoms with Gasteiger partial charge >= 0.3 is 6.18 Å². The summed E-state index contributed by atoms with van der Waals surface area (Å²) in [6.45, 7) is 2.29. The molecule has 0 spiro atoms. The molecule has 0 fully saturated rings. The lowest BCUT2D eigenvalue weighted by Crippen LogP contribution is -2.16. The lowest BCUT2D eigenvalue weighted by atomic mass is 10.3. The largest absolute Gasteiger partial charge is 0.484 e.